The van der Waals surface area contributed by atoms with Crippen LogP contribution < -0.4 is 10.3 Å². The Kier molecular flexibility index (Phi) is 1.70. The number of rotatable bonds is 1. The van der Waals surface area contributed by atoms with Crippen LogP contribution in [-0.2, 0) is 0 Å². The smallest absolute Gasteiger partial charge is 0.264 e. The number of H-pyrrole nitrogens is 1. The molecule has 0 aliphatic carbocycles. The molecule has 0 saturated heterocycles. The van der Waals surface area contributed by atoms with Crippen molar-refractivity contribution >= 4 is 10.9 Å². The molecule has 0 saturated carbocycles. The molecule has 5 nitrogen and oxygen atoms in total. The number of pyridine rings is 1. The lowest BCUT2D eigenvalue weighted by Crippen LogP contribution is -2.08. The van der Waals surface area contributed by atoms with Crippen molar-refractivity contribution in [1.82, 2.24) is 15.0 Å². The van der Waals surface area contributed by atoms with Crippen LogP contribution in [-0.4, -0.2) is 22.1 Å². The first-order valence-corrected chi connectivity index (χ1v) is 3.69. The highest BCUT2D eigenvalue weighted by atomic mass is 16.5. The van der Waals surface area contributed by atoms with Crippen molar-refractivity contribution in [3.05, 3.63) is 28.9 Å². The van der Waals surface area contributed by atoms with Gasteiger partial charge < -0.3 is 9.72 Å². The van der Waals surface area contributed by atoms with E-state index in [1.165, 1.54) is 13.4 Å². The van der Waals surface area contributed by atoms with Crippen molar-refractivity contribution in [2.45, 2.75) is 0 Å². The average Bonchev–Trinajstić information content (AvgIpc) is 2.17. The standard InChI is InChI=1S/C8H7N3O2/c1-13-8-6-5(2-3-9-8)10-4-11-7(6)12/h2-4H,1H3,(H,10,11,12). The monoisotopic (exact) mass is 177 g/mol. The number of fused-ring (bicyclic) bond motifs is 1. The van der Waals surface area contributed by atoms with Gasteiger partial charge in [0.1, 0.15) is 5.39 Å². The first-order chi connectivity index (χ1) is 6.33. The van der Waals surface area contributed by atoms with Crippen LogP contribution in [0.3, 0.4) is 0 Å². The Balaban J connectivity index is 2.95. The van der Waals surface area contributed by atoms with Gasteiger partial charge in [-0.15, -0.1) is 0 Å². The predicted molar refractivity (Wildman–Crippen MR) is 46.7 cm³/mol. The van der Waals surface area contributed by atoms with E-state index < -0.39 is 0 Å². The molecule has 1 N–H and O–H groups in total. The summed E-state index contributed by atoms with van der Waals surface area (Å²) in [5.41, 5.74) is 0.338. The maximum Gasteiger partial charge on any atom is 0.264 e. The van der Waals surface area contributed by atoms with E-state index in [0.717, 1.165) is 0 Å². The Morgan fingerprint density at radius 3 is 3.08 bits per heavy atom. The summed E-state index contributed by atoms with van der Waals surface area (Å²) in [6.07, 6.45) is 2.90. The van der Waals surface area contributed by atoms with E-state index in [-0.39, 0.29) is 5.56 Å². The van der Waals surface area contributed by atoms with Crippen LogP contribution in [0.5, 0.6) is 5.88 Å². The van der Waals surface area contributed by atoms with E-state index >= 15 is 0 Å². The maximum absolute atomic E-state index is 11.3. The fraction of sp³-hybridized carbons (Fsp3) is 0.125. The number of aromatic amines is 1. The summed E-state index contributed by atoms with van der Waals surface area (Å²) in [7, 11) is 1.47. The van der Waals surface area contributed by atoms with Crippen molar-refractivity contribution < 1.29 is 4.74 Å². The third-order valence-corrected chi connectivity index (χ3v) is 1.71. The van der Waals surface area contributed by atoms with E-state index in [4.69, 9.17) is 4.74 Å². The van der Waals surface area contributed by atoms with Gasteiger partial charge in [-0.25, -0.2) is 9.97 Å². The predicted octanol–water partition coefficient (Wildman–Crippen LogP) is 0.327. The Hall–Kier alpha value is -1.91. The van der Waals surface area contributed by atoms with Gasteiger partial charge >= 0.3 is 0 Å². The molecule has 0 aromatic carbocycles. The lowest BCUT2D eigenvalue weighted by molar-refractivity contribution is 0.403. The molecule has 0 aliphatic rings. The number of nitrogens with one attached hydrogen (secondary N) is 1. The van der Waals surface area contributed by atoms with Gasteiger partial charge in [0, 0.05) is 6.20 Å². The van der Waals surface area contributed by atoms with Crippen molar-refractivity contribution in [3.63, 3.8) is 0 Å². The first kappa shape index (κ1) is 7.72. The second kappa shape index (κ2) is 2.85. The van der Waals surface area contributed by atoms with Crippen molar-refractivity contribution in [3.8, 4) is 5.88 Å². The van der Waals surface area contributed by atoms with Crippen molar-refractivity contribution in [1.29, 1.82) is 0 Å². The van der Waals surface area contributed by atoms with Gasteiger partial charge in [-0.05, 0) is 6.07 Å². The maximum atomic E-state index is 11.3. The minimum absolute atomic E-state index is 0.241. The van der Waals surface area contributed by atoms with E-state index in [1.54, 1.807) is 12.3 Å². The van der Waals surface area contributed by atoms with Gasteiger partial charge in [0.2, 0.25) is 5.88 Å². The van der Waals surface area contributed by atoms with Gasteiger partial charge in [-0.1, -0.05) is 0 Å². The molecule has 0 spiro atoms. The molecule has 2 aromatic heterocycles. The summed E-state index contributed by atoms with van der Waals surface area (Å²) in [5.74, 6) is 0.298. The molecule has 0 unspecified atom stereocenters. The Morgan fingerprint density at radius 1 is 1.46 bits per heavy atom. The number of aromatic nitrogens is 3. The topological polar surface area (TPSA) is 67.9 Å². The van der Waals surface area contributed by atoms with Gasteiger partial charge in [-0.3, -0.25) is 4.79 Å². The zero-order valence-electron chi connectivity index (χ0n) is 6.94. The summed E-state index contributed by atoms with van der Waals surface area (Å²) >= 11 is 0. The number of nitrogens with zero attached hydrogens (tertiary/aromatic N) is 2. The third kappa shape index (κ3) is 1.14. The zero-order valence-corrected chi connectivity index (χ0v) is 6.94. The SMILES string of the molecule is COc1nccc2nc[nH]c(=O)c12. The number of hydrogen-bond acceptors (Lipinski definition) is 4. The molecule has 0 fully saturated rings. The number of ether oxygens (including phenoxy) is 1. The molecule has 0 amide bonds. The first-order valence-electron chi connectivity index (χ1n) is 3.69. The van der Waals surface area contributed by atoms with Crippen molar-refractivity contribution in [2.24, 2.45) is 0 Å². The van der Waals surface area contributed by atoms with E-state index in [0.29, 0.717) is 16.8 Å². The normalized spacial score (nSPS) is 10.2. The fourth-order valence-electron chi connectivity index (χ4n) is 1.14. The molecule has 2 rings (SSSR count). The molecular formula is C8H7N3O2. The van der Waals surface area contributed by atoms with Crippen LogP contribution in [0.2, 0.25) is 0 Å². The van der Waals surface area contributed by atoms with Gasteiger partial charge in [-0.2, -0.15) is 0 Å². The highest BCUT2D eigenvalue weighted by molar-refractivity contribution is 5.81. The summed E-state index contributed by atoms with van der Waals surface area (Å²) in [5, 5.41) is 0.382. The number of hydrogen-bond donors (Lipinski definition) is 1. The molecule has 2 heterocycles. The quantitative estimate of drug-likeness (QED) is 0.681. The zero-order chi connectivity index (χ0) is 9.26. The largest absolute Gasteiger partial charge is 0.480 e. The van der Waals surface area contributed by atoms with E-state index in [2.05, 4.69) is 15.0 Å². The van der Waals surface area contributed by atoms with Crippen LogP contribution in [0.25, 0.3) is 10.9 Å². The van der Waals surface area contributed by atoms with Crippen molar-refractivity contribution in [2.75, 3.05) is 7.11 Å². The lowest BCUT2D eigenvalue weighted by atomic mass is 10.3. The Bertz CT molecular complexity index is 487. The third-order valence-electron chi connectivity index (χ3n) is 1.71. The van der Waals surface area contributed by atoms with Crippen LogP contribution in [0.15, 0.2) is 23.4 Å². The molecule has 0 radical (unpaired) electrons. The summed E-state index contributed by atoms with van der Waals surface area (Å²) in [6.45, 7) is 0. The van der Waals surface area contributed by atoms with Crippen LogP contribution in [0, 0.1) is 0 Å². The molecule has 2 aromatic rings. The average molecular weight is 177 g/mol. The minimum atomic E-state index is -0.241. The summed E-state index contributed by atoms with van der Waals surface area (Å²) in [4.78, 5) is 21.7. The Labute approximate surface area is 73.4 Å². The fourth-order valence-corrected chi connectivity index (χ4v) is 1.14. The van der Waals surface area contributed by atoms with Gasteiger partial charge in [0.05, 0.1) is 19.0 Å². The molecule has 0 bridgehead atoms. The molecule has 0 atom stereocenters. The van der Waals surface area contributed by atoms with Gasteiger partial charge in [0.25, 0.3) is 5.56 Å². The lowest BCUT2D eigenvalue weighted by Gasteiger charge is -2.00. The second-order valence-electron chi connectivity index (χ2n) is 2.45. The van der Waals surface area contributed by atoms with Gasteiger partial charge in [0.15, 0.2) is 0 Å². The molecule has 13 heavy (non-hydrogen) atoms. The summed E-state index contributed by atoms with van der Waals surface area (Å²) in [6, 6.07) is 1.66. The minimum Gasteiger partial charge on any atom is -0.480 e. The van der Waals surface area contributed by atoms with Crippen LogP contribution >= 0.6 is 0 Å². The molecule has 0 aliphatic heterocycles. The van der Waals surface area contributed by atoms with Crippen LogP contribution in [0.4, 0.5) is 0 Å². The molecular weight excluding hydrogens is 170 g/mol. The highest BCUT2D eigenvalue weighted by Gasteiger charge is 2.06. The van der Waals surface area contributed by atoms with E-state index in [1.807, 2.05) is 0 Å². The molecule has 5 heteroatoms. The molecule has 66 valence electrons. The highest BCUT2D eigenvalue weighted by Crippen LogP contribution is 2.15. The Morgan fingerprint density at radius 2 is 2.31 bits per heavy atom. The van der Waals surface area contributed by atoms with Crippen LogP contribution in [0.1, 0.15) is 0 Å². The second-order valence-corrected chi connectivity index (χ2v) is 2.45. The number of methoxy groups -OCH3 is 1. The summed E-state index contributed by atoms with van der Waals surface area (Å²) < 4.78 is 4.94. The van der Waals surface area contributed by atoms with E-state index in [9.17, 15) is 4.79 Å².